The highest BCUT2D eigenvalue weighted by molar-refractivity contribution is 5.75. The lowest BCUT2D eigenvalue weighted by Crippen LogP contribution is -2.47. The van der Waals surface area contributed by atoms with Crippen molar-refractivity contribution in [3.63, 3.8) is 0 Å². The van der Waals surface area contributed by atoms with E-state index in [1.807, 2.05) is 38.2 Å². The molecule has 0 radical (unpaired) electrons. The van der Waals surface area contributed by atoms with E-state index in [-0.39, 0.29) is 0 Å². The normalized spacial score (nSPS) is 15.6. The van der Waals surface area contributed by atoms with Crippen molar-refractivity contribution in [2.75, 3.05) is 37.6 Å². The SMILES string of the molecule is CC.CC/C=C(\C=C/CCN1CCN(c2ncccc2C)CC1)c1ccc(CC(N)C(=O)O)cc1. The van der Waals surface area contributed by atoms with Crippen molar-refractivity contribution in [3.05, 3.63) is 77.5 Å². The van der Waals surface area contributed by atoms with E-state index in [1.165, 1.54) is 11.1 Å². The predicted molar refractivity (Wildman–Crippen MR) is 147 cm³/mol. The van der Waals surface area contributed by atoms with Crippen LogP contribution < -0.4 is 10.6 Å². The zero-order valence-electron chi connectivity index (χ0n) is 21.8. The highest BCUT2D eigenvalue weighted by atomic mass is 16.4. The molecule has 0 amide bonds. The Morgan fingerprint density at radius 1 is 1.14 bits per heavy atom. The fourth-order valence-corrected chi connectivity index (χ4v) is 4.14. The van der Waals surface area contributed by atoms with Gasteiger partial charge < -0.3 is 15.7 Å². The summed E-state index contributed by atoms with van der Waals surface area (Å²) in [5.74, 6) is 0.143. The van der Waals surface area contributed by atoms with Crippen LogP contribution in [0.5, 0.6) is 0 Å². The molecule has 0 saturated carbocycles. The van der Waals surface area contributed by atoms with E-state index in [1.54, 1.807) is 0 Å². The van der Waals surface area contributed by atoms with Gasteiger partial charge in [0.15, 0.2) is 0 Å². The summed E-state index contributed by atoms with van der Waals surface area (Å²) in [5, 5.41) is 9.00. The molecule has 6 heteroatoms. The van der Waals surface area contributed by atoms with Crippen LogP contribution in [0.3, 0.4) is 0 Å². The Balaban J connectivity index is 0.00000210. The molecule has 1 fully saturated rings. The average molecular weight is 479 g/mol. The fraction of sp³-hybridized carbons (Fsp3) is 0.448. The van der Waals surface area contributed by atoms with Crippen molar-refractivity contribution >= 4 is 17.4 Å². The summed E-state index contributed by atoms with van der Waals surface area (Å²) < 4.78 is 0. The van der Waals surface area contributed by atoms with Crippen molar-refractivity contribution in [2.24, 2.45) is 5.73 Å². The number of aliphatic carboxylic acids is 1. The third-order valence-electron chi connectivity index (χ3n) is 6.05. The van der Waals surface area contributed by atoms with Gasteiger partial charge in [-0.2, -0.15) is 0 Å². The van der Waals surface area contributed by atoms with Crippen LogP contribution in [0, 0.1) is 6.92 Å². The number of benzene rings is 1. The average Bonchev–Trinajstić information content (AvgIpc) is 2.88. The van der Waals surface area contributed by atoms with E-state index >= 15 is 0 Å². The van der Waals surface area contributed by atoms with E-state index in [9.17, 15) is 4.79 Å². The van der Waals surface area contributed by atoms with E-state index < -0.39 is 12.0 Å². The van der Waals surface area contributed by atoms with Gasteiger partial charge in [-0.3, -0.25) is 9.69 Å². The van der Waals surface area contributed by atoms with Crippen molar-refractivity contribution in [2.45, 2.75) is 53.0 Å². The monoisotopic (exact) mass is 478 g/mol. The summed E-state index contributed by atoms with van der Waals surface area (Å²) in [5.41, 5.74) is 10.2. The number of nitrogens with two attached hydrogens (primary N) is 1. The Bertz CT molecular complexity index is 961. The maximum atomic E-state index is 11.0. The minimum Gasteiger partial charge on any atom is -0.480 e. The maximum absolute atomic E-state index is 11.0. The van der Waals surface area contributed by atoms with Crippen molar-refractivity contribution < 1.29 is 9.90 Å². The number of hydrogen-bond acceptors (Lipinski definition) is 5. The van der Waals surface area contributed by atoms with Crippen LogP contribution in [0.2, 0.25) is 0 Å². The van der Waals surface area contributed by atoms with Gasteiger partial charge in [-0.05, 0) is 54.5 Å². The summed E-state index contributed by atoms with van der Waals surface area (Å²) in [4.78, 5) is 20.4. The number of nitrogens with zero attached hydrogens (tertiary/aromatic N) is 3. The van der Waals surface area contributed by atoms with E-state index in [4.69, 9.17) is 10.8 Å². The van der Waals surface area contributed by atoms with Crippen molar-refractivity contribution in [1.29, 1.82) is 0 Å². The molecule has 1 atom stereocenters. The van der Waals surface area contributed by atoms with Gasteiger partial charge >= 0.3 is 5.97 Å². The Hall–Kier alpha value is -2.96. The predicted octanol–water partition coefficient (Wildman–Crippen LogP) is 4.93. The molecule has 0 aliphatic carbocycles. The largest absolute Gasteiger partial charge is 0.480 e. The van der Waals surface area contributed by atoms with Crippen LogP contribution in [-0.4, -0.2) is 59.7 Å². The van der Waals surface area contributed by atoms with Gasteiger partial charge in [0, 0.05) is 38.9 Å². The van der Waals surface area contributed by atoms with Gasteiger partial charge in [-0.25, -0.2) is 4.98 Å². The molecule has 35 heavy (non-hydrogen) atoms. The Labute approximate surface area is 211 Å². The molecular formula is C29H42N4O2. The standard InChI is InChI=1S/C27H36N4O2.C2H6/c1-3-7-23(24-12-10-22(11-13-24)20-25(28)27(32)33)9-4-5-15-30-16-18-31(19-17-30)26-21(2)8-6-14-29-26;1-2/h4,6-14,25H,3,5,15-20,28H2,1-2H3,(H,32,33);1-2H3/b9-4-,23-7+;. The summed E-state index contributed by atoms with van der Waals surface area (Å²) in [6.45, 7) is 13.5. The number of hydrogen-bond donors (Lipinski definition) is 2. The number of carboxylic acid groups (broad SMARTS) is 1. The zero-order chi connectivity index (χ0) is 25.6. The zero-order valence-corrected chi connectivity index (χ0v) is 21.8. The topological polar surface area (TPSA) is 82.7 Å². The Morgan fingerprint density at radius 3 is 2.43 bits per heavy atom. The molecule has 0 bridgehead atoms. The van der Waals surface area contributed by atoms with Gasteiger partial charge in [0.05, 0.1) is 0 Å². The van der Waals surface area contributed by atoms with E-state index in [2.05, 4.69) is 65.1 Å². The van der Waals surface area contributed by atoms with Crippen LogP contribution >= 0.6 is 0 Å². The molecule has 1 aromatic heterocycles. The highest BCUT2D eigenvalue weighted by Gasteiger charge is 2.18. The molecule has 6 nitrogen and oxygen atoms in total. The molecule has 190 valence electrons. The quantitative estimate of drug-likeness (QED) is 0.471. The summed E-state index contributed by atoms with van der Waals surface area (Å²) >= 11 is 0. The van der Waals surface area contributed by atoms with Crippen molar-refractivity contribution in [1.82, 2.24) is 9.88 Å². The second-order valence-corrected chi connectivity index (χ2v) is 8.58. The fourth-order valence-electron chi connectivity index (χ4n) is 4.14. The number of allylic oxidation sites excluding steroid dienone is 3. The first-order valence-electron chi connectivity index (χ1n) is 12.8. The van der Waals surface area contributed by atoms with E-state index in [0.29, 0.717) is 6.42 Å². The van der Waals surface area contributed by atoms with Crippen LogP contribution in [0.4, 0.5) is 5.82 Å². The lowest BCUT2D eigenvalue weighted by molar-refractivity contribution is -0.138. The van der Waals surface area contributed by atoms with Gasteiger partial charge in [-0.1, -0.05) is 69.3 Å². The number of pyridine rings is 1. The second-order valence-electron chi connectivity index (χ2n) is 8.58. The molecule has 1 aromatic carbocycles. The molecule has 2 heterocycles. The molecule has 2 aromatic rings. The Kier molecular flexibility index (Phi) is 12.2. The first kappa shape index (κ1) is 28.3. The van der Waals surface area contributed by atoms with Gasteiger partial charge in [0.2, 0.25) is 0 Å². The summed E-state index contributed by atoms with van der Waals surface area (Å²) in [6, 6.07) is 11.3. The van der Waals surface area contributed by atoms with E-state index in [0.717, 1.165) is 62.5 Å². The lowest BCUT2D eigenvalue weighted by atomic mass is 9.99. The van der Waals surface area contributed by atoms with Crippen LogP contribution in [0.1, 0.15) is 50.3 Å². The highest BCUT2D eigenvalue weighted by Crippen LogP contribution is 2.20. The molecule has 1 aliphatic heterocycles. The Morgan fingerprint density at radius 2 is 1.83 bits per heavy atom. The van der Waals surface area contributed by atoms with Crippen LogP contribution in [0.15, 0.2) is 60.8 Å². The number of aromatic nitrogens is 1. The number of anilines is 1. The molecular weight excluding hydrogens is 436 g/mol. The third kappa shape index (κ3) is 8.96. The summed E-state index contributed by atoms with van der Waals surface area (Å²) in [6.07, 6.45) is 10.9. The molecule has 1 saturated heterocycles. The van der Waals surface area contributed by atoms with Crippen LogP contribution in [-0.2, 0) is 11.2 Å². The molecule has 0 spiro atoms. The number of carbonyl (C=O) groups is 1. The van der Waals surface area contributed by atoms with Crippen LogP contribution in [0.25, 0.3) is 5.57 Å². The minimum atomic E-state index is -0.971. The van der Waals surface area contributed by atoms with Gasteiger partial charge in [0.25, 0.3) is 0 Å². The first-order valence-corrected chi connectivity index (χ1v) is 12.8. The smallest absolute Gasteiger partial charge is 0.320 e. The van der Waals surface area contributed by atoms with Crippen molar-refractivity contribution in [3.8, 4) is 0 Å². The first-order chi connectivity index (χ1) is 17.0. The summed E-state index contributed by atoms with van der Waals surface area (Å²) in [7, 11) is 0. The molecule has 1 aliphatic rings. The van der Waals surface area contributed by atoms with Gasteiger partial charge in [-0.15, -0.1) is 0 Å². The molecule has 3 rings (SSSR count). The van der Waals surface area contributed by atoms with Gasteiger partial charge in [0.1, 0.15) is 11.9 Å². The lowest BCUT2D eigenvalue weighted by Gasteiger charge is -2.35. The second kappa shape index (κ2) is 15.1. The number of rotatable bonds is 10. The number of aryl methyl sites for hydroxylation is 1. The minimum absolute atomic E-state index is 0.339. The molecule has 3 N–H and O–H groups in total. The molecule has 1 unspecified atom stereocenters. The number of piperazine rings is 1. The maximum Gasteiger partial charge on any atom is 0.320 e. The third-order valence-corrected chi connectivity index (χ3v) is 6.05. The number of carboxylic acids is 1.